The Labute approximate surface area is 119 Å². The number of ether oxygens (including phenoxy) is 1. The molecule has 4 unspecified atom stereocenters. The Morgan fingerprint density at radius 1 is 1.25 bits per heavy atom. The molecular formula is C15H23N3O2. The number of nitrogens with two attached hydrogens (primary N) is 1. The highest BCUT2D eigenvalue weighted by molar-refractivity contribution is 5.06. The van der Waals surface area contributed by atoms with Gasteiger partial charge in [-0.1, -0.05) is 11.6 Å². The molecule has 0 amide bonds. The van der Waals surface area contributed by atoms with Gasteiger partial charge in [0.2, 0.25) is 5.89 Å². The molecule has 1 aromatic heterocycles. The van der Waals surface area contributed by atoms with Crippen LogP contribution in [0.5, 0.6) is 0 Å². The molecule has 0 spiro atoms. The highest BCUT2D eigenvalue weighted by Gasteiger charge is 2.43. The first-order chi connectivity index (χ1) is 9.79. The monoisotopic (exact) mass is 277 g/mol. The summed E-state index contributed by atoms with van der Waals surface area (Å²) in [5, 5.41) is 4.07. The predicted octanol–water partition coefficient (Wildman–Crippen LogP) is 2.54. The summed E-state index contributed by atoms with van der Waals surface area (Å²) in [4.78, 5) is 4.55. The van der Waals surface area contributed by atoms with Crippen molar-refractivity contribution in [2.75, 3.05) is 6.61 Å². The molecule has 4 atom stereocenters. The van der Waals surface area contributed by atoms with Crippen LogP contribution in [0.3, 0.4) is 0 Å². The van der Waals surface area contributed by atoms with Gasteiger partial charge in [-0.3, -0.25) is 0 Å². The average Bonchev–Trinajstić information content (AvgIpc) is 3.12. The molecular weight excluding hydrogens is 254 g/mol. The van der Waals surface area contributed by atoms with Gasteiger partial charge in [-0.15, -0.1) is 0 Å². The standard InChI is InChI=1S/C15H23N3O2/c16-13(8-19-11-2-1-3-11)14-17-15(20-18-14)12-7-9-4-5-10(12)6-9/h9-13H,1-8,16H2. The maximum atomic E-state index is 6.10. The third-order valence-electron chi connectivity index (χ3n) is 5.41. The van der Waals surface area contributed by atoms with Crippen molar-refractivity contribution in [1.29, 1.82) is 0 Å². The largest absolute Gasteiger partial charge is 0.376 e. The molecule has 0 aliphatic heterocycles. The Hall–Kier alpha value is -0.940. The molecule has 5 heteroatoms. The van der Waals surface area contributed by atoms with Crippen molar-refractivity contribution < 1.29 is 9.26 Å². The minimum absolute atomic E-state index is 0.258. The van der Waals surface area contributed by atoms with E-state index in [4.69, 9.17) is 15.0 Å². The summed E-state index contributed by atoms with van der Waals surface area (Å²) < 4.78 is 11.2. The zero-order chi connectivity index (χ0) is 13.5. The molecule has 1 aromatic rings. The third kappa shape index (κ3) is 2.27. The maximum absolute atomic E-state index is 6.10. The molecule has 5 nitrogen and oxygen atoms in total. The quantitative estimate of drug-likeness (QED) is 0.895. The van der Waals surface area contributed by atoms with Crippen LogP contribution in [0.4, 0.5) is 0 Å². The van der Waals surface area contributed by atoms with Gasteiger partial charge < -0.3 is 15.0 Å². The van der Waals surface area contributed by atoms with E-state index in [1.54, 1.807) is 0 Å². The highest BCUT2D eigenvalue weighted by atomic mass is 16.5. The van der Waals surface area contributed by atoms with Crippen molar-refractivity contribution in [1.82, 2.24) is 10.1 Å². The first-order valence-corrected chi connectivity index (χ1v) is 8.00. The van der Waals surface area contributed by atoms with Gasteiger partial charge in [-0.05, 0) is 50.4 Å². The smallest absolute Gasteiger partial charge is 0.230 e. The van der Waals surface area contributed by atoms with Crippen LogP contribution in [-0.4, -0.2) is 22.9 Å². The topological polar surface area (TPSA) is 74.2 Å². The Bertz CT molecular complexity index is 471. The third-order valence-corrected chi connectivity index (χ3v) is 5.41. The number of rotatable bonds is 5. The minimum Gasteiger partial charge on any atom is -0.376 e. The van der Waals surface area contributed by atoms with E-state index in [9.17, 15) is 0 Å². The van der Waals surface area contributed by atoms with Crippen LogP contribution in [0.1, 0.15) is 68.6 Å². The predicted molar refractivity (Wildman–Crippen MR) is 73.0 cm³/mol. The van der Waals surface area contributed by atoms with Crippen molar-refractivity contribution in [3.05, 3.63) is 11.7 Å². The van der Waals surface area contributed by atoms with E-state index in [1.165, 1.54) is 32.1 Å². The van der Waals surface area contributed by atoms with Crippen LogP contribution in [0.25, 0.3) is 0 Å². The van der Waals surface area contributed by atoms with Crippen molar-refractivity contribution in [3.8, 4) is 0 Å². The maximum Gasteiger partial charge on any atom is 0.230 e. The first kappa shape index (κ1) is 12.8. The second kappa shape index (κ2) is 5.11. The van der Waals surface area contributed by atoms with E-state index in [0.717, 1.165) is 30.6 Å². The van der Waals surface area contributed by atoms with E-state index in [0.29, 0.717) is 24.5 Å². The molecule has 2 bridgehead atoms. The number of nitrogens with zero attached hydrogens (tertiary/aromatic N) is 2. The van der Waals surface area contributed by atoms with Gasteiger partial charge in [0.1, 0.15) is 0 Å². The van der Waals surface area contributed by atoms with Crippen LogP contribution in [0.2, 0.25) is 0 Å². The van der Waals surface area contributed by atoms with Crippen LogP contribution in [0.15, 0.2) is 4.52 Å². The molecule has 1 heterocycles. The first-order valence-electron chi connectivity index (χ1n) is 8.00. The van der Waals surface area contributed by atoms with E-state index in [2.05, 4.69) is 10.1 Å². The summed E-state index contributed by atoms with van der Waals surface area (Å²) in [5.41, 5.74) is 6.10. The van der Waals surface area contributed by atoms with Crippen molar-refractivity contribution >= 4 is 0 Å². The molecule has 3 saturated carbocycles. The van der Waals surface area contributed by atoms with Gasteiger partial charge in [0.05, 0.1) is 18.8 Å². The minimum atomic E-state index is -0.258. The molecule has 4 rings (SSSR count). The lowest BCUT2D eigenvalue weighted by molar-refractivity contribution is -0.00549. The Balaban J connectivity index is 1.37. The number of hydrogen-bond donors (Lipinski definition) is 1. The normalized spacial score (nSPS) is 34.4. The number of fused-ring (bicyclic) bond motifs is 2. The summed E-state index contributed by atoms with van der Waals surface area (Å²) in [6.07, 6.45) is 9.28. The fourth-order valence-electron chi connectivity index (χ4n) is 3.95. The number of aromatic nitrogens is 2. The SMILES string of the molecule is NC(COC1CCC1)c1noc(C2CC3CCC2C3)n1. The second-order valence-corrected chi connectivity index (χ2v) is 6.76. The van der Waals surface area contributed by atoms with Gasteiger partial charge >= 0.3 is 0 Å². The lowest BCUT2D eigenvalue weighted by Crippen LogP contribution is -2.27. The summed E-state index contributed by atoms with van der Waals surface area (Å²) >= 11 is 0. The van der Waals surface area contributed by atoms with E-state index < -0.39 is 0 Å². The molecule has 3 aliphatic rings. The fourth-order valence-corrected chi connectivity index (χ4v) is 3.95. The van der Waals surface area contributed by atoms with Crippen LogP contribution in [-0.2, 0) is 4.74 Å². The van der Waals surface area contributed by atoms with Gasteiger partial charge in [0.25, 0.3) is 0 Å². The van der Waals surface area contributed by atoms with Crippen LogP contribution >= 0.6 is 0 Å². The molecule has 3 aliphatic carbocycles. The Morgan fingerprint density at radius 2 is 2.15 bits per heavy atom. The van der Waals surface area contributed by atoms with E-state index in [-0.39, 0.29) is 6.04 Å². The van der Waals surface area contributed by atoms with Crippen LogP contribution in [0, 0.1) is 11.8 Å². The van der Waals surface area contributed by atoms with Gasteiger partial charge in [-0.2, -0.15) is 4.98 Å². The molecule has 110 valence electrons. The van der Waals surface area contributed by atoms with Crippen molar-refractivity contribution in [3.63, 3.8) is 0 Å². The highest BCUT2D eigenvalue weighted by Crippen LogP contribution is 2.52. The summed E-state index contributed by atoms with van der Waals surface area (Å²) in [7, 11) is 0. The Morgan fingerprint density at radius 3 is 2.80 bits per heavy atom. The average molecular weight is 277 g/mol. The fraction of sp³-hybridized carbons (Fsp3) is 0.867. The Kier molecular flexibility index (Phi) is 3.27. The number of hydrogen-bond acceptors (Lipinski definition) is 5. The molecule has 20 heavy (non-hydrogen) atoms. The zero-order valence-corrected chi connectivity index (χ0v) is 11.8. The van der Waals surface area contributed by atoms with Crippen LogP contribution < -0.4 is 5.73 Å². The molecule has 0 aromatic carbocycles. The second-order valence-electron chi connectivity index (χ2n) is 6.76. The van der Waals surface area contributed by atoms with E-state index >= 15 is 0 Å². The zero-order valence-electron chi connectivity index (χ0n) is 11.8. The summed E-state index contributed by atoms with van der Waals surface area (Å²) in [6, 6.07) is -0.258. The lowest BCUT2D eigenvalue weighted by Gasteiger charge is -2.26. The van der Waals surface area contributed by atoms with Gasteiger partial charge in [0, 0.05) is 5.92 Å². The molecule has 0 radical (unpaired) electrons. The lowest BCUT2D eigenvalue weighted by atomic mass is 9.89. The van der Waals surface area contributed by atoms with Gasteiger partial charge in [-0.25, -0.2) is 0 Å². The molecule has 2 N–H and O–H groups in total. The van der Waals surface area contributed by atoms with Crippen molar-refractivity contribution in [2.45, 2.75) is 63.0 Å². The van der Waals surface area contributed by atoms with Crippen molar-refractivity contribution in [2.24, 2.45) is 17.6 Å². The molecule has 3 fully saturated rings. The summed E-state index contributed by atoms with van der Waals surface area (Å²) in [5.74, 6) is 3.55. The van der Waals surface area contributed by atoms with Gasteiger partial charge in [0.15, 0.2) is 5.82 Å². The van der Waals surface area contributed by atoms with E-state index in [1.807, 2.05) is 0 Å². The molecule has 0 saturated heterocycles. The summed E-state index contributed by atoms with van der Waals surface area (Å²) in [6.45, 7) is 0.500.